The van der Waals surface area contributed by atoms with Crippen LogP contribution in [0.1, 0.15) is 20.3 Å². The van der Waals surface area contributed by atoms with Gasteiger partial charge in [-0.25, -0.2) is 0 Å². The topological polar surface area (TPSA) is 78.8 Å². The number of aliphatic hydroxyl groups excluding tert-OH is 1. The summed E-state index contributed by atoms with van der Waals surface area (Å²) in [5.41, 5.74) is 0. The van der Waals surface area contributed by atoms with Crippen LogP contribution in [0.5, 0.6) is 5.75 Å². The molecular weight excluding hydrogens is 258 g/mol. The Bertz CT molecular complexity index is 394. The van der Waals surface area contributed by atoms with E-state index in [1.165, 1.54) is 0 Å². The molecule has 0 unspecified atom stereocenters. The summed E-state index contributed by atoms with van der Waals surface area (Å²) in [5, 5.41) is 21.7. The number of ether oxygens (including phenoxy) is 1. The second kappa shape index (κ2) is 8.55. The molecule has 1 rings (SSSR count). The molecule has 0 spiro atoms. The van der Waals surface area contributed by atoms with E-state index in [1.54, 1.807) is 12.1 Å². The first kappa shape index (κ1) is 16.5. The lowest BCUT2D eigenvalue weighted by atomic mass is 10.0. The number of aliphatic carboxylic acids is 1. The van der Waals surface area contributed by atoms with Gasteiger partial charge in [-0.15, -0.1) is 0 Å². The summed E-state index contributed by atoms with van der Waals surface area (Å²) in [6.45, 7) is 4.25. The molecule has 0 aromatic heterocycles. The molecule has 20 heavy (non-hydrogen) atoms. The van der Waals surface area contributed by atoms with E-state index < -0.39 is 18.1 Å². The van der Waals surface area contributed by atoms with Crippen molar-refractivity contribution < 1.29 is 19.7 Å². The highest BCUT2D eigenvalue weighted by atomic mass is 16.5. The fraction of sp³-hybridized carbons (Fsp3) is 0.533. The highest BCUT2D eigenvalue weighted by Crippen LogP contribution is 2.09. The van der Waals surface area contributed by atoms with Crippen LogP contribution in [0.25, 0.3) is 0 Å². The van der Waals surface area contributed by atoms with E-state index in [0.717, 1.165) is 0 Å². The molecule has 0 aliphatic rings. The molecule has 0 radical (unpaired) electrons. The number of carbonyl (C=O) groups is 1. The van der Waals surface area contributed by atoms with E-state index in [9.17, 15) is 9.90 Å². The van der Waals surface area contributed by atoms with E-state index in [0.29, 0.717) is 12.2 Å². The summed E-state index contributed by atoms with van der Waals surface area (Å²) < 4.78 is 5.40. The Labute approximate surface area is 119 Å². The first-order valence-corrected chi connectivity index (χ1v) is 6.81. The normalized spacial score (nSPS) is 14.0. The molecule has 5 heteroatoms. The van der Waals surface area contributed by atoms with E-state index in [4.69, 9.17) is 9.84 Å². The number of aliphatic hydroxyl groups is 1. The molecule has 0 saturated carbocycles. The van der Waals surface area contributed by atoms with Gasteiger partial charge in [0.2, 0.25) is 0 Å². The first-order valence-electron chi connectivity index (χ1n) is 6.81. The maximum atomic E-state index is 11.1. The second-order valence-corrected chi connectivity index (χ2v) is 5.21. The molecule has 0 aliphatic heterocycles. The van der Waals surface area contributed by atoms with Gasteiger partial charge < -0.3 is 20.3 Å². The van der Waals surface area contributed by atoms with E-state index in [1.807, 2.05) is 32.0 Å². The Morgan fingerprint density at radius 1 is 1.30 bits per heavy atom. The average molecular weight is 281 g/mol. The molecule has 1 aromatic rings. The molecular formula is C15H23NO4. The Kier molecular flexibility index (Phi) is 7.04. The standard InChI is InChI=1S/C15H23NO4/c1-11(2)8-14(15(18)19)16-9-12(17)10-20-13-6-4-3-5-7-13/h3-7,11-12,14,16-17H,8-10H2,1-2H3,(H,18,19)/t12-,14+/m1/s1. The minimum Gasteiger partial charge on any atom is -0.491 e. The van der Waals surface area contributed by atoms with Gasteiger partial charge in [0.25, 0.3) is 0 Å². The molecule has 5 nitrogen and oxygen atoms in total. The van der Waals surface area contributed by atoms with Crippen LogP contribution in [-0.4, -0.2) is 41.5 Å². The van der Waals surface area contributed by atoms with E-state index in [2.05, 4.69) is 5.32 Å². The van der Waals surface area contributed by atoms with Crippen molar-refractivity contribution in [3.63, 3.8) is 0 Å². The van der Waals surface area contributed by atoms with Crippen LogP contribution in [-0.2, 0) is 4.79 Å². The highest BCUT2D eigenvalue weighted by molar-refractivity contribution is 5.73. The van der Waals surface area contributed by atoms with Gasteiger partial charge in [-0.3, -0.25) is 4.79 Å². The molecule has 0 fully saturated rings. The molecule has 2 atom stereocenters. The van der Waals surface area contributed by atoms with Gasteiger partial charge in [-0.1, -0.05) is 32.0 Å². The van der Waals surface area contributed by atoms with Crippen molar-refractivity contribution >= 4 is 5.97 Å². The quantitative estimate of drug-likeness (QED) is 0.639. The number of nitrogens with one attached hydrogen (secondary N) is 1. The summed E-state index contributed by atoms with van der Waals surface area (Å²) >= 11 is 0. The number of hydrogen-bond acceptors (Lipinski definition) is 4. The van der Waals surface area contributed by atoms with Gasteiger partial charge in [-0.2, -0.15) is 0 Å². The minimum absolute atomic E-state index is 0.130. The summed E-state index contributed by atoms with van der Waals surface area (Å²) in [5.74, 6) is 0.0692. The van der Waals surface area contributed by atoms with Crippen molar-refractivity contribution in [3.8, 4) is 5.75 Å². The summed E-state index contributed by atoms with van der Waals surface area (Å²) in [7, 11) is 0. The summed E-state index contributed by atoms with van der Waals surface area (Å²) in [6, 6.07) is 8.56. The van der Waals surface area contributed by atoms with Crippen molar-refractivity contribution in [1.82, 2.24) is 5.32 Å². The van der Waals surface area contributed by atoms with Crippen LogP contribution in [0.4, 0.5) is 0 Å². The van der Waals surface area contributed by atoms with Crippen molar-refractivity contribution in [2.45, 2.75) is 32.4 Å². The Hall–Kier alpha value is -1.59. The maximum Gasteiger partial charge on any atom is 0.320 e. The zero-order chi connectivity index (χ0) is 15.0. The number of hydrogen-bond donors (Lipinski definition) is 3. The van der Waals surface area contributed by atoms with Crippen LogP contribution in [0.2, 0.25) is 0 Å². The number of rotatable bonds is 9. The smallest absolute Gasteiger partial charge is 0.320 e. The molecule has 112 valence electrons. The Balaban J connectivity index is 2.30. The Morgan fingerprint density at radius 2 is 1.95 bits per heavy atom. The lowest BCUT2D eigenvalue weighted by molar-refractivity contribution is -0.140. The van der Waals surface area contributed by atoms with Crippen LogP contribution in [0.3, 0.4) is 0 Å². The summed E-state index contributed by atoms with van der Waals surface area (Å²) in [6.07, 6.45) is -0.217. The average Bonchev–Trinajstić information content (AvgIpc) is 2.41. The van der Waals surface area contributed by atoms with Crippen LogP contribution < -0.4 is 10.1 Å². The van der Waals surface area contributed by atoms with E-state index in [-0.39, 0.29) is 19.1 Å². The summed E-state index contributed by atoms with van der Waals surface area (Å²) in [4.78, 5) is 11.1. The molecule has 3 N–H and O–H groups in total. The predicted molar refractivity (Wildman–Crippen MR) is 76.8 cm³/mol. The zero-order valence-corrected chi connectivity index (χ0v) is 12.0. The fourth-order valence-electron chi connectivity index (χ4n) is 1.79. The third-order valence-corrected chi connectivity index (χ3v) is 2.79. The Morgan fingerprint density at radius 3 is 2.50 bits per heavy atom. The second-order valence-electron chi connectivity index (χ2n) is 5.21. The van der Waals surface area contributed by atoms with E-state index >= 15 is 0 Å². The third-order valence-electron chi connectivity index (χ3n) is 2.79. The first-order chi connectivity index (χ1) is 9.49. The molecule has 0 heterocycles. The number of benzene rings is 1. The third kappa shape index (κ3) is 6.54. The monoisotopic (exact) mass is 281 g/mol. The van der Waals surface area contributed by atoms with Gasteiger partial charge in [0, 0.05) is 6.54 Å². The molecule has 0 saturated heterocycles. The molecule has 0 bridgehead atoms. The predicted octanol–water partition coefficient (Wildman–Crippen LogP) is 1.52. The molecule has 0 amide bonds. The van der Waals surface area contributed by atoms with Gasteiger partial charge in [0.1, 0.15) is 24.5 Å². The minimum atomic E-state index is -0.894. The van der Waals surface area contributed by atoms with Crippen molar-refractivity contribution in [2.24, 2.45) is 5.92 Å². The molecule has 0 aliphatic carbocycles. The fourth-order valence-corrected chi connectivity index (χ4v) is 1.79. The molecule has 1 aromatic carbocycles. The number of carboxylic acid groups (broad SMARTS) is 1. The number of para-hydroxylation sites is 1. The van der Waals surface area contributed by atoms with Crippen LogP contribution >= 0.6 is 0 Å². The van der Waals surface area contributed by atoms with Gasteiger partial charge >= 0.3 is 5.97 Å². The zero-order valence-electron chi connectivity index (χ0n) is 12.0. The van der Waals surface area contributed by atoms with Crippen LogP contribution in [0.15, 0.2) is 30.3 Å². The van der Waals surface area contributed by atoms with Gasteiger partial charge in [-0.05, 0) is 24.5 Å². The number of carboxylic acids is 1. The SMILES string of the molecule is CC(C)C[C@H](NC[C@@H](O)COc1ccccc1)C(=O)O. The highest BCUT2D eigenvalue weighted by Gasteiger charge is 2.19. The van der Waals surface area contributed by atoms with Crippen LogP contribution in [0, 0.1) is 5.92 Å². The van der Waals surface area contributed by atoms with Gasteiger partial charge in [0.05, 0.1) is 0 Å². The lowest BCUT2D eigenvalue weighted by Crippen LogP contribution is -2.43. The maximum absolute atomic E-state index is 11.1. The lowest BCUT2D eigenvalue weighted by Gasteiger charge is -2.19. The van der Waals surface area contributed by atoms with Gasteiger partial charge in [0.15, 0.2) is 0 Å². The van der Waals surface area contributed by atoms with Crippen molar-refractivity contribution in [1.29, 1.82) is 0 Å². The largest absolute Gasteiger partial charge is 0.491 e. The van der Waals surface area contributed by atoms with Crippen molar-refractivity contribution in [3.05, 3.63) is 30.3 Å². The van der Waals surface area contributed by atoms with Crippen molar-refractivity contribution in [2.75, 3.05) is 13.2 Å².